The number of rotatable bonds is 3. The highest BCUT2D eigenvalue weighted by molar-refractivity contribution is 5.80. The molecule has 0 N–H and O–H groups in total. The lowest BCUT2D eigenvalue weighted by molar-refractivity contribution is -0.181. The third kappa shape index (κ3) is 5.92. The van der Waals surface area contributed by atoms with Gasteiger partial charge in [0.05, 0.1) is 0 Å². The molecule has 0 rings (SSSR count). The molecule has 12 heavy (non-hydrogen) atoms. The van der Waals surface area contributed by atoms with Crippen molar-refractivity contribution in [1.82, 2.24) is 5.06 Å². The zero-order valence-electron chi connectivity index (χ0n) is 8.26. The molecule has 3 nitrogen and oxygen atoms in total. The molecule has 0 atom stereocenters. The van der Waals surface area contributed by atoms with Crippen molar-refractivity contribution in [2.45, 2.75) is 20.8 Å². The van der Waals surface area contributed by atoms with E-state index in [1.165, 1.54) is 5.06 Å². The number of carbonyl (C=O) groups is 1. The van der Waals surface area contributed by atoms with Gasteiger partial charge in [0.15, 0.2) is 0 Å². The summed E-state index contributed by atoms with van der Waals surface area (Å²) in [7, 11) is 1.73. The second-order valence-corrected chi connectivity index (χ2v) is 3.96. The van der Waals surface area contributed by atoms with E-state index in [0.717, 1.165) is 6.08 Å². The fraction of sp³-hybridized carbons (Fsp3) is 0.667. The van der Waals surface area contributed by atoms with E-state index in [4.69, 9.17) is 4.84 Å². The first kappa shape index (κ1) is 11.2. The number of hydrogen-bond donors (Lipinski definition) is 0. The van der Waals surface area contributed by atoms with Gasteiger partial charge in [0.1, 0.15) is 0 Å². The van der Waals surface area contributed by atoms with Crippen LogP contribution in [0.25, 0.3) is 0 Å². The normalized spacial score (nSPS) is 11.4. The van der Waals surface area contributed by atoms with Crippen LogP contribution in [-0.2, 0) is 9.63 Å². The summed E-state index contributed by atoms with van der Waals surface area (Å²) in [6, 6.07) is 0. The summed E-state index contributed by atoms with van der Waals surface area (Å²) in [6.07, 6.45) is 1.15. The van der Waals surface area contributed by atoms with Crippen molar-refractivity contribution >= 4 is 5.97 Å². The van der Waals surface area contributed by atoms with Gasteiger partial charge in [-0.05, 0) is 5.41 Å². The summed E-state index contributed by atoms with van der Waals surface area (Å²) in [6.45, 7) is 10.2. The van der Waals surface area contributed by atoms with Gasteiger partial charge < -0.3 is 4.84 Å². The Balaban J connectivity index is 3.82. The minimum atomic E-state index is -0.415. The molecule has 70 valence electrons. The van der Waals surface area contributed by atoms with Gasteiger partial charge in [-0.1, -0.05) is 27.4 Å². The first-order valence-corrected chi connectivity index (χ1v) is 3.90. The molecular weight excluding hydrogens is 154 g/mol. The summed E-state index contributed by atoms with van der Waals surface area (Å²) < 4.78 is 0. The summed E-state index contributed by atoms with van der Waals surface area (Å²) in [4.78, 5) is 15.6. The standard InChI is InChI=1S/C9H17NO2/c1-6-8(11)12-10(5)7-9(2,3)4/h6H,1,7H2,2-5H3. The average Bonchev–Trinajstić information content (AvgIpc) is 1.82. The van der Waals surface area contributed by atoms with Gasteiger partial charge >= 0.3 is 5.97 Å². The maximum absolute atomic E-state index is 10.7. The van der Waals surface area contributed by atoms with E-state index in [2.05, 4.69) is 27.4 Å². The van der Waals surface area contributed by atoms with E-state index in [0.29, 0.717) is 6.54 Å². The Kier molecular flexibility index (Phi) is 3.96. The Labute approximate surface area is 74.0 Å². The molecule has 0 saturated carbocycles. The van der Waals surface area contributed by atoms with E-state index in [9.17, 15) is 4.79 Å². The van der Waals surface area contributed by atoms with Crippen LogP contribution in [0.3, 0.4) is 0 Å². The molecule has 0 aromatic carbocycles. The van der Waals surface area contributed by atoms with Gasteiger partial charge in [-0.3, -0.25) is 0 Å². The highest BCUT2D eigenvalue weighted by atomic mass is 16.7. The van der Waals surface area contributed by atoms with Crippen molar-refractivity contribution in [3.63, 3.8) is 0 Å². The predicted molar refractivity (Wildman–Crippen MR) is 48.4 cm³/mol. The van der Waals surface area contributed by atoms with Crippen LogP contribution in [0.1, 0.15) is 20.8 Å². The lowest BCUT2D eigenvalue weighted by Gasteiger charge is -2.24. The van der Waals surface area contributed by atoms with Crippen molar-refractivity contribution in [2.75, 3.05) is 13.6 Å². The van der Waals surface area contributed by atoms with Crippen LogP contribution in [0.15, 0.2) is 12.7 Å². The molecule has 3 heteroatoms. The SMILES string of the molecule is C=CC(=O)ON(C)CC(C)(C)C. The Bertz CT molecular complexity index is 170. The number of hydrogen-bond acceptors (Lipinski definition) is 3. The third-order valence-corrected chi connectivity index (χ3v) is 1.11. The molecule has 0 aliphatic carbocycles. The first-order valence-electron chi connectivity index (χ1n) is 3.90. The van der Waals surface area contributed by atoms with Crippen LogP contribution >= 0.6 is 0 Å². The quantitative estimate of drug-likeness (QED) is 0.477. The Morgan fingerprint density at radius 3 is 2.42 bits per heavy atom. The van der Waals surface area contributed by atoms with Gasteiger partial charge in [0.2, 0.25) is 0 Å². The third-order valence-electron chi connectivity index (χ3n) is 1.11. The average molecular weight is 171 g/mol. The summed E-state index contributed by atoms with van der Waals surface area (Å²) >= 11 is 0. The van der Waals surface area contributed by atoms with Crippen molar-refractivity contribution in [3.8, 4) is 0 Å². The molecule has 0 aromatic rings. The molecule has 0 aliphatic rings. The summed E-state index contributed by atoms with van der Waals surface area (Å²) in [5.74, 6) is -0.415. The molecule has 0 spiro atoms. The number of hydroxylamine groups is 2. The maximum atomic E-state index is 10.7. The van der Waals surface area contributed by atoms with Crippen molar-refractivity contribution < 1.29 is 9.63 Å². The van der Waals surface area contributed by atoms with Crippen LogP contribution in [-0.4, -0.2) is 24.6 Å². The fourth-order valence-electron chi connectivity index (χ4n) is 0.891. The molecule has 0 saturated heterocycles. The van der Waals surface area contributed by atoms with Crippen LogP contribution in [0.4, 0.5) is 0 Å². The van der Waals surface area contributed by atoms with Crippen molar-refractivity contribution in [2.24, 2.45) is 5.41 Å². The van der Waals surface area contributed by atoms with E-state index in [1.807, 2.05) is 0 Å². The number of nitrogens with zero attached hydrogens (tertiary/aromatic N) is 1. The zero-order valence-corrected chi connectivity index (χ0v) is 8.26. The topological polar surface area (TPSA) is 29.5 Å². The van der Waals surface area contributed by atoms with Crippen LogP contribution < -0.4 is 0 Å². The Morgan fingerprint density at radius 1 is 1.58 bits per heavy atom. The van der Waals surface area contributed by atoms with E-state index in [1.54, 1.807) is 7.05 Å². The molecule has 0 fully saturated rings. The van der Waals surface area contributed by atoms with E-state index < -0.39 is 5.97 Å². The van der Waals surface area contributed by atoms with Crippen LogP contribution in [0, 0.1) is 5.41 Å². The zero-order chi connectivity index (χ0) is 9.78. The molecule has 0 aliphatic heterocycles. The lowest BCUT2D eigenvalue weighted by atomic mass is 9.97. The minimum Gasteiger partial charge on any atom is -0.365 e. The predicted octanol–water partition coefficient (Wildman–Crippen LogP) is 1.61. The van der Waals surface area contributed by atoms with Gasteiger partial charge in [0, 0.05) is 19.7 Å². The van der Waals surface area contributed by atoms with Gasteiger partial charge in [-0.2, -0.15) is 0 Å². The fourth-order valence-corrected chi connectivity index (χ4v) is 0.891. The summed E-state index contributed by atoms with van der Waals surface area (Å²) in [5, 5.41) is 1.52. The van der Waals surface area contributed by atoms with Crippen molar-refractivity contribution in [1.29, 1.82) is 0 Å². The number of carbonyl (C=O) groups excluding carboxylic acids is 1. The van der Waals surface area contributed by atoms with E-state index in [-0.39, 0.29) is 5.41 Å². The summed E-state index contributed by atoms with van der Waals surface area (Å²) in [5.41, 5.74) is 0.121. The highest BCUT2D eigenvalue weighted by Crippen LogP contribution is 2.14. The highest BCUT2D eigenvalue weighted by Gasteiger charge is 2.15. The molecule has 0 unspecified atom stereocenters. The van der Waals surface area contributed by atoms with Gasteiger partial charge in [-0.25, -0.2) is 4.79 Å². The van der Waals surface area contributed by atoms with Crippen LogP contribution in [0.5, 0.6) is 0 Å². The maximum Gasteiger partial charge on any atom is 0.349 e. The van der Waals surface area contributed by atoms with Gasteiger partial charge in [-0.15, -0.1) is 5.06 Å². The molecule has 0 aromatic heterocycles. The molecule has 0 radical (unpaired) electrons. The molecule has 0 heterocycles. The first-order chi connectivity index (χ1) is 5.35. The van der Waals surface area contributed by atoms with E-state index >= 15 is 0 Å². The molecule has 0 bridgehead atoms. The molecule has 0 amide bonds. The second kappa shape index (κ2) is 4.26. The largest absolute Gasteiger partial charge is 0.365 e. The second-order valence-electron chi connectivity index (χ2n) is 3.96. The Hall–Kier alpha value is -0.830. The van der Waals surface area contributed by atoms with Crippen LogP contribution in [0.2, 0.25) is 0 Å². The lowest BCUT2D eigenvalue weighted by Crippen LogP contribution is -2.31. The Morgan fingerprint density at radius 2 is 2.08 bits per heavy atom. The monoisotopic (exact) mass is 171 g/mol. The van der Waals surface area contributed by atoms with Crippen molar-refractivity contribution in [3.05, 3.63) is 12.7 Å². The minimum absolute atomic E-state index is 0.121. The van der Waals surface area contributed by atoms with Gasteiger partial charge in [0.25, 0.3) is 0 Å². The smallest absolute Gasteiger partial charge is 0.349 e. The molecular formula is C9H17NO2.